The lowest BCUT2D eigenvalue weighted by Crippen LogP contribution is -2.28. The first-order chi connectivity index (χ1) is 7.13. The maximum Gasteiger partial charge on any atom is 0.224 e. The summed E-state index contributed by atoms with van der Waals surface area (Å²) in [6, 6.07) is 4.16. The van der Waals surface area contributed by atoms with E-state index in [9.17, 15) is 9.18 Å². The van der Waals surface area contributed by atoms with Crippen LogP contribution in [-0.2, 0) is 11.2 Å². The van der Waals surface area contributed by atoms with Gasteiger partial charge in [0.25, 0.3) is 0 Å². The number of carbonyl (C=O) groups excluding carboxylic acids is 1. The summed E-state index contributed by atoms with van der Waals surface area (Å²) >= 11 is 5.56. The fourth-order valence-electron chi connectivity index (χ4n) is 1.10. The molecule has 1 rings (SSSR count). The van der Waals surface area contributed by atoms with Crippen LogP contribution >= 0.6 is 11.6 Å². The second-order valence-electron chi connectivity index (χ2n) is 2.99. The number of benzene rings is 1. The minimum atomic E-state index is -0.498. The molecule has 5 heteroatoms. The molecule has 1 aromatic rings. The van der Waals surface area contributed by atoms with Gasteiger partial charge in [-0.05, 0) is 17.7 Å². The topological polar surface area (TPSA) is 49.3 Å². The smallest absolute Gasteiger partial charge is 0.224 e. The maximum absolute atomic E-state index is 13.2. The summed E-state index contributed by atoms with van der Waals surface area (Å²) in [6.45, 7) is 0.0445. The Morgan fingerprint density at radius 2 is 2.27 bits per heavy atom. The highest BCUT2D eigenvalue weighted by Gasteiger charge is 2.07. The van der Waals surface area contributed by atoms with Gasteiger partial charge in [0.1, 0.15) is 5.82 Å². The molecule has 0 atom stereocenters. The van der Waals surface area contributed by atoms with E-state index in [0.29, 0.717) is 5.02 Å². The maximum atomic E-state index is 13.2. The fourth-order valence-corrected chi connectivity index (χ4v) is 1.25. The third-order valence-corrected chi connectivity index (χ3v) is 2.04. The van der Waals surface area contributed by atoms with E-state index < -0.39 is 5.82 Å². The molecular formula is C10H11ClFNO2. The van der Waals surface area contributed by atoms with Crippen LogP contribution in [0.25, 0.3) is 0 Å². The summed E-state index contributed by atoms with van der Waals surface area (Å²) in [7, 11) is 0. The van der Waals surface area contributed by atoms with Gasteiger partial charge in [-0.3, -0.25) is 4.79 Å². The molecule has 0 saturated carbocycles. The van der Waals surface area contributed by atoms with Crippen molar-refractivity contribution >= 4 is 17.5 Å². The third-order valence-electron chi connectivity index (χ3n) is 1.80. The van der Waals surface area contributed by atoms with Crippen LogP contribution in [0, 0.1) is 5.82 Å². The third kappa shape index (κ3) is 3.85. The number of carbonyl (C=O) groups is 1. The highest BCUT2D eigenvalue weighted by Crippen LogP contribution is 2.14. The van der Waals surface area contributed by atoms with Crippen molar-refractivity contribution in [2.45, 2.75) is 6.42 Å². The molecular weight excluding hydrogens is 221 g/mol. The van der Waals surface area contributed by atoms with Crippen LogP contribution in [0.4, 0.5) is 4.39 Å². The molecule has 2 N–H and O–H groups in total. The molecule has 0 aliphatic heterocycles. The first kappa shape index (κ1) is 11.9. The van der Waals surface area contributed by atoms with Gasteiger partial charge >= 0.3 is 0 Å². The molecule has 82 valence electrons. The van der Waals surface area contributed by atoms with Crippen LogP contribution in [0.5, 0.6) is 0 Å². The summed E-state index contributed by atoms with van der Waals surface area (Å²) in [4.78, 5) is 11.2. The SMILES string of the molecule is O=C(Cc1ccc(Cl)cc1F)NCCO. The van der Waals surface area contributed by atoms with Crippen LogP contribution in [0.1, 0.15) is 5.56 Å². The van der Waals surface area contributed by atoms with Crippen LogP contribution in [0.2, 0.25) is 5.02 Å². The molecule has 0 fully saturated rings. The van der Waals surface area contributed by atoms with Crippen LogP contribution < -0.4 is 5.32 Å². The highest BCUT2D eigenvalue weighted by molar-refractivity contribution is 6.30. The molecule has 1 aromatic carbocycles. The molecule has 0 aromatic heterocycles. The molecule has 0 saturated heterocycles. The number of aliphatic hydroxyl groups excluding tert-OH is 1. The largest absolute Gasteiger partial charge is 0.395 e. The average Bonchev–Trinajstić information content (AvgIpc) is 2.19. The Kier molecular flexibility index (Phi) is 4.52. The Bertz CT molecular complexity index is 357. The van der Waals surface area contributed by atoms with Crippen LogP contribution in [-0.4, -0.2) is 24.2 Å². The summed E-state index contributed by atoms with van der Waals surface area (Å²) in [5.74, 6) is -0.827. The van der Waals surface area contributed by atoms with Gasteiger partial charge in [-0.1, -0.05) is 17.7 Å². The van der Waals surface area contributed by atoms with E-state index >= 15 is 0 Å². The first-order valence-corrected chi connectivity index (χ1v) is 4.82. The lowest BCUT2D eigenvalue weighted by atomic mass is 10.1. The van der Waals surface area contributed by atoms with E-state index in [1.807, 2.05) is 0 Å². The van der Waals surface area contributed by atoms with Crippen molar-refractivity contribution in [1.82, 2.24) is 5.32 Å². The number of nitrogens with one attached hydrogen (secondary N) is 1. The van der Waals surface area contributed by atoms with Crippen molar-refractivity contribution in [2.24, 2.45) is 0 Å². The van der Waals surface area contributed by atoms with Gasteiger partial charge in [-0.25, -0.2) is 4.39 Å². The van der Waals surface area contributed by atoms with Gasteiger partial charge in [-0.15, -0.1) is 0 Å². The molecule has 0 heterocycles. The number of hydrogen-bond acceptors (Lipinski definition) is 2. The lowest BCUT2D eigenvalue weighted by Gasteiger charge is -2.04. The molecule has 0 spiro atoms. The Morgan fingerprint density at radius 3 is 2.87 bits per heavy atom. The van der Waals surface area contributed by atoms with Gasteiger partial charge in [0.15, 0.2) is 0 Å². The molecule has 15 heavy (non-hydrogen) atoms. The minimum Gasteiger partial charge on any atom is -0.395 e. The van der Waals surface area contributed by atoms with E-state index in [1.54, 1.807) is 0 Å². The van der Waals surface area contributed by atoms with Gasteiger partial charge < -0.3 is 10.4 Å². The van der Waals surface area contributed by atoms with E-state index in [1.165, 1.54) is 12.1 Å². The minimum absolute atomic E-state index is 0.0526. The monoisotopic (exact) mass is 231 g/mol. The second kappa shape index (κ2) is 5.68. The van der Waals surface area contributed by atoms with Crippen LogP contribution in [0.3, 0.4) is 0 Å². The molecule has 0 radical (unpaired) electrons. The van der Waals surface area contributed by atoms with Crippen LogP contribution in [0.15, 0.2) is 18.2 Å². The van der Waals surface area contributed by atoms with Gasteiger partial charge in [0.2, 0.25) is 5.91 Å². The zero-order valence-electron chi connectivity index (χ0n) is 7.96. The predicted molar refractivity (Wildman–Crippen MR) is 55.2 cm³/mol. The number of rotatable bonds is 4. The van der Waals surface area contributed by atoms with Gasteiger partial charge in [0.05, 0.1) is 13.0 Å². The first-order valence-electron chi connectivity index (χ1n) is 4.45. The molecule has 3 nitrogen and oxygen atoms in total. The summed E-state index contributed by atoms with van der Waals surface area (Å²) in [5.41, 5.74) is 0.287. The predicted octanol–water partition coefficient (Wildman–Crippen LogP) is 1.13. The molecule has 0 aliphatic carbocycles. The quantitative estimate of drug-likeness (QED) is 0.816. The lowest BCUT2D eigenvalue weighted by molar-refractivity contribution is -0.120. The van der Waals surface area contributed by atoms with Crippen molar-refractivity contribution in [3.05, 3.63) is 34.6 Å². The zero-order chi connectivity index (χ0) is 11.3. The molecule has 0 bridgehead atoms. The van der Waals surface area contributed by atoms with Crippen molar-refractivity contribution < 1.29 is 14.3 Å². The van der Waals surface area contributed by atoms with Crippen molar-refractivity contribution in [2.75, 3.05) is 13.2 Å². The van der Waals surface area contributed by atoms with Gasteiger partial charge in [-0.2, -0.15) is 0 Å². The van der Waals surface area contributed by atoms with Crippen molar-refractivity contribution in [3.63, 3.8) is 0 Å². The normalized spacial score (nSPS) is 10.1. The number of hydrogen-bond donors (Lipinski definition) is 2. The Hall–Kier alpha value is -1.13. The van der Waals surface area contributed by atoms with E-state index in [2.05, 4.69) is 5.32 Å². The van der Waals surface area contributed by atoms with Gasteiger partial charge in [0, 0.05) is 11.6 Å². The second-order valence-corrected chi connectivity index (χ2v) is 3.42. The average molecular weight is 232 g/mol. The standard InChI is InChI=1S/C10H11ClFNO2/c11-8-2-1-7(9(12)6-8)5-10(15)13-3-4-14/h1-2,6,14H,3-5H2,(H,13,15). The highest BCUT2D eigenvalue weighted by atomic mass is 35.5. The summed E-state index contributed by atoms with van der Waals surface area (Å²) in [6.07, 6.45) is -0.0526. The Morgan fingerprint density at radius 1 is 1.53 bits per heavy atom. The van der Waals surface area contributed by atoms with E-state index in [4.69, 9.17) is 16.7 Å². The van der Waals surface area contributed by atoms with Crippen molar-refractivity contribution in [3.8, 4) is 0 Å². The molecule has 0 aliphatic rings. The Labute approximate surface area is 91.9 Å². The fraction of sp³-hybridized carbons (Fsp3) is 0.300. The molecule has 1 amide bonds. The summed E-state index contributed by atoms with van der Waals surface area (Å²) < 4.78 is 13.2. The Balaban J connectivity index is 2.60. The molecule has 0 unspecified atom stereocenters. The summed E-state index contributed by atoms with van der Waals surface area (Å²) in [5, 5.41) is 11.2. The van der Waals surface area contributed by atoms with E-state index in [0.717, 1.165) is 6.07 Å². The number of amides is 1. The number of aliphatic hydroxyl groups is 1. The van der Waals surface area contributed by atoms with Crippen molar-refractivity contribution in [1.29, 1.82) is 0 Å². The van der Waals surface area contributed by atoms with E-state index in [-0.39, 0.29) is 31.0 Å². The number of halogens is 2. The zero-order valence-corrected chi connectivity index (χ0v) is 8.72.